The average molecular weight is 261 g/mol. The molecule has 0 bridgehead atoms. The summed E-state index contributed by atoms with van der Waals surface area (Å²) in [5, 5.41) is 17.8. The molecule has 0 atom stereocenters. The highest BCUT2D eigenvalue weighted by Gasteiger charge is 2.16. The van der Waals surface area contributed by atoms with E-state index in [1.165, 1.54) is 12.1 Å². The van der Waals surface area contributed by atoms with Crippen LogP contribution in [0.15, 0.2) is 36.4 Å². The van der Waals surface area contributed by atoms with E-state index in [1.807, 2.05) is 25.1 Å². The molecular weight excluding hydrogens is 248 g/mol. The topological polar surface area (TPSA) is 62.6 Å². The van der Waals surface area contributed by atoms with Crippen molar-refractivity contribution >= 4 is 12.6 Å². The van der Waals surface area contributed by atoms with Gasteiger partial charge >= 0.3 is 7.12 Å². The van der Waals surface area contributed by atoms with Crippen LogP contribution in [-0.4, -0.2) is 22.2 Å². The summed E-state index contributed by atoms with van der Waals surface area (Å²) in [7, 11) is -1.83. The highest BCUT2D eigenvalue weighted by atomic mass is 19.1. The van der Waals surface area contributed by atoms with Crippen molar-refractivity contribution in [2.45, 2.75) is 13.5 Å². The molecule has 0 radical (unpaired) electrons. The van der Waals surface area contributed by atoms with Gasteiger partial charge in [-0.2, -0.15) is 0 Å². The molecule has 2 N–H and O–H groups in total. The lowest BCUT2D eigenvalue weighted by molar-refractivity contribution is 0.299. The fourth-order valence-corrected chi connectivity index (χ4v) is 1.64. The van der Waals surface area contributed by atoms with Gasteiger partial charge in [0.15, 0.2) is 0 Å². The third-order valence-corrected chi connectivity index (χ3v) is 2.58. The largest absolute Gasteiger partial charge is 0.491 e. The van der Waals surface area contributed by atoms with Gasteiger partial charge in [-0.1, -0.05) is 12.1 Å². The van der Waals surface area contributed by atoms with Crippen LogP contribution in [0.1, 0.15) is 11.4 Å². The van der Waals surface area contributed by atoms with Crippen molar-refractivity contribution < 1.29 is 19.2 Å². The van der Waals surface area contributed by atoms with Gasteiger partial charge in [-0.05, 0) is 25.1 Å². The minimum atomic E-state index is -1.83. The maximum atomic E-state index is 13.5. The number of ether oxygens (including phenoxy) is 1. The third kappa shape index (κ3) is 3.53. The maximum absolute atomic E-state index is 13.5. The van der Waals surface area contributed by atoms with Crippen LogP contribution in [0.2, 0.25) is 0 Å². The van der Waals surface area contributed by atoms with Crippen molar-refractivity contribution in [2.75, 3.05) is 0 Å². The van der Waals surface area contributed by atoms with Crippen molar-refractivity contribution in [3.63, 3.8) is 0 Å². The van der Waals surface area contributed by atoms with Gasteiger partial charge in [0, 0.05) is 17.2 Å². The average Bonchev–Trinajstić information content (AvgIpc) is 2.36. The van der Waals surface area contributed by atoms with Crippen molar-refractivity contribution in [1.29, 1.82) is 0 Å². The molecule has 19 heavy (non-hydrogen) atoms. The molecule has 0 aliphatic heterocycles. The highest BCUT2D eigenvalue weighted by molar-refractivity contribution is 6.58. The molecule has 0 saturated carbocycles. The van der Waals surface area contributed by atoms with E-state index in [0.29, 0.717) is 5.75 Å². The number of aryl methyl sites for hydroxylation is 1. The van der Waals surface area contributed by atoms with Gasteiger partial charge in [-0.25, -0.2) is 4.39 Å². The van der Waals surface area contributed by atoms with Crippen LogP contribution in [-0.2, 0) is 6.61 Å². The summed E-state index contributed by atoms with van der Waals surface area (Å²) in [6.07, 6.45) is 0. The Labute approximate surface area is 110 Å². The number of benzene rings is 1. The molecule has 1 aromatic heterocycles. The van der Waals surface area contributed by atoms with Crippen molar-refractivity contribution in [3.8, 4) is 5.75 Å². The number of rotatable bonds is 4. The Kier molecular flexibility index (Phi) is 4.14. The summed E-state index contributed by atoms with van der Waals surface area (Å²) >= 11 is 0. The molecule has 0 aliphatic rings. The van der Waals surface area contributed by atoms with Gasteiger partial charge in [0.05, 0.1) is 5.69 Å². The molecule has 2 aromatic rings. The molecule has 0 amide bonds. The third-order valence-electron chi connectivity index (χ3n) is 2.58. The normalized spacial score (nSPS) is 10.3. The molecule has 0 unspecified atom stereocenters. The number of pyridine rings is 1. The molecule has 0 fully saturated rings. The molecular formula is C13H13BFNO3. The molecule has 4 nitrogen and oxygen atoms in total. The number of nitrogens with zero attached hydrogens (tertiary/aromatic N) is 1. The van der Waals surface area contributed by atoms with Crippen LogP contribution in [0.5, 0.6) is 5.75 Å². The Morgan fingerprint density at radius 1 is 1.26 bits per heavy atom. The molecule has 0 saturated heterocycles. The lowest BCUT2D eigenvalue weighted by Crippen LogP contribution is -2.32. The lowest BCUT2D eigenvalue weighted by atomic mass is 9.80. The highest BCUT2D eigenvalue weighted by Crippen LogP contribution is 2.13. The van der Waals surface area contributed by atoms with Gasteiger partial charge in [-0.3, -0.25) is 4.98 Å². The first kappa shape index (κ1) is 13.5. The Bertz CT molecular complexity index is 578. The first-order valence-electron chi connectivity index (χ1n) is 5.77. The van der Waals surface area contributed by atoms with Crippen LogP contribution in [0.25, 0.3) is 0 Å². The molecule has 2 rings (SSSR count). The number of hydrogen-bond donors (Lipinski definition) is 2. The summed E-state index contributed by atoms with van der Waals surface area (Å²) in [4.78, 5) is 4.26. The summed E-state index contributed by atoms with van der Waals surface area (Å²) in [6.45, 7) is 2.10. The second-order valence-electron chi connectivity index (χ2n) is 4.12. The van der Waals surface area contributed by atoms with Crippen LogP contribution in [0.4, 0.5) is 4.39 Å². The second kappa shape index (κ2) is 5.82. The quantitative estimate of drug-likeness (QED) is 0.798. The van der Waals surface area contributed by atoms with Gasteiger partial charge in [0.2, 0.25) is 0 Å². The Balaban J connectivity index is 2.06. The standard InChI is InChI=1S/C13H13BFNO3/c1-9-3-2-4-10(16-9)8-19-11-5-6-12(14(17)18)13(15)7-11/h2-7,17-18H,8H2,1H3. The van der Waals surface area contributed by atoms with Crippen LogP contribution in [0.3, 0.4) is 0 Å². The summed E-state index contributed by atoms with van der Waals surface area (Å²) in [6, 6.07) is 9.43. The fraction of sp³-hybridized carbons (Fsp3) is 0.154. The van der Waals surface area contributed by atoms with Gasteiger partial charge in [0.25, 0.3) is 0 Å². The first-order chi connectivity index (χ1) is 9.06. The van der Waals surface area contributed by atoms with Gasteiger partial charge < -0.3 is 14.8 Å². The predicted molar refractivity (Wildman–Crippen MR) is 69.5 cm³/mol. The van der Waals surface area contributed by atoms with E-state index in [2.05, 4.69) is 4.98 Å². The van der Waals surface area contributed by atoms with E-state index in [-0.39, 0.29) is 12.1 Å². The number of halogens is 1. The van der Waals surface area contributed by atoms with E-state index in [1.54, 1.807) is 0 Å². The van der Waals surface area contributed by atoms with E-state index in [4.69, 9.17) is 14.8 Å². The molecule has 1 heterocycles. The molecule has 6 heteroatoms. The van der Waals surface area contributed by atoms with Crippen molar-refractivity contribution in [1.82, 2.24) is 4.98 Å². The van der Waals surface area contributed by atoms with Gasteiger partial charge in [-0.15, -0.1) is 0 Å². The zero-order valence-electron chi connectivity index (χ0n) is 10.4. The van der Waals surface area contributed by atoms with E-state index >= 15 is 0 Å². The van der Waals surface area contributed by atoms with Gasteiger partial charge in [0.1, 0.15) is 18.2 Å². The van der Waals surface area contributed by atoms with Crippen molar-refractivity contribution in [2.24, 2.45) is 0 Å². The van der Waals surface area contributed by atoms with Crippen LogP contribution in [0, 0.1) is 12.7 Å². The Morgan fingerprint density at radius 2 is 2.05 bits per heavy atom. The minimum absolute atomic E-state index is 0.180. The predicted octanol–water partition coefficient (Wildman–Crippen LogP) is 0.788. The number of aromatic nitrogens is 1. The minimum Gasteiger partial charge on any atom is -0.487 e. The Morgan fingerprint density at radius 3 is 2.68 bits per heavy atom. The summed E-state index contributed by atoms with van der Waals surface area (Å²) in [5.41, 5.74) is 1.44. The zero-order chi connectivity index (χ0) is 13.8. The van der Waals surface area contributed by atoms with E-state index in [0.717, 1.165) is 17.5 Å². The monoisotopic (exact) mass is 261 g/mol. The second-order valence-corrected chi connectivity index (χ2v) is 4.12. The molecule has 0 spiro atoms. The van der Waals surface area contributed by atoms with E-state index in [9.17, 15) is 4.39 Å². The summed E-state index contributed by atoms with van der Waals surface area (Å²) < 4.78 is 18.9. The molecule has 1 aromatic carbocycles. The SMILES string of the molecule is Cc1cccc(COc2ccc(B(O)O)c(F)c2)n1. The maximum Gasteiger partial charge on any atom is 0.491 e. The van der Waals surface area contributed by atoms with E-state index < -0.39 is 12.9 Å². The first-order valence-corrected chi connectivity index (χ1v) is 5.77. The Hall–Kier alpha value is -1.92. The van der Waals surface area contributed by atoms with Crippen LogP contribution < -0.4 is 10.2 Å². The van der Waals surface area contributed by atoms with Crippen molar-refractivity contribution in [3.05, 3.63) is 53.6 Å². The fourth-order valence-electron chi connectivity index (χ4n) is 1.64. The number of hydrogen-bond acceptors (Lipinski definition) is 4. The summed E-state index contributed by atoms with van der Waals surface area (Å²) in [5.74, 6) is -0.407. The van der Waals surface area contributed by atoms with Crippen LogP contribution >= 0.6 is 0 Å². The molecule has 98 valence electrons. The zero-order valence-corrected chi connectivity index (χ0v) is 10.4. The smallest absolute Gasteiger partial charge is 0.487 e. The lowest BCUT2D eigenvalue weighted by Gasteiger charge is -2.08. The molecule has 0 aliphatic carbocycles.